The molecule has 1 heterocycles. The Hall–Kier alpha value is -2.91. The van der Waals surface area contributed by atoms with Gasteiger partial charge in [0, 0.05) is 0 Å². The van der Waals surface area contributed by atoms with Crippen LogP contribution in [0.4, 0.5) is 11.4 Å². The SMILES string of the molecule is CCOc1cccc2[nH]c(O)c(N=Nc3ccc(S([NH])(=O)=O)cc3)c12. The molecular formula is C16H15N4O4S. The van der Waals surface area contributed by atoms with Crippen molar-refractivity contribution in [2.24, 2.45) is 10.2 Å². The van der Waals surface area contributed by atoms with Crippen molar-refractivity contribution in [2.75, 3.05) is 6.61 Å². The second-order valence-electron chi connectivity index (χ2n) is 5.13. The van der Waals surface area contributed by atoms with Crippen LogP contribution >= 0.6 is 0 Å². The van der Waals surface area contributed by atoms with Crippen LogP contribution in [-0.2, 0) is 10.0 Å². The number of nitrogens with zero attached hydrogens (tertiary/aromatic N) is 2. The molecule has 0 aliphatic rings. The molecule has 3 aromatic rings. The Kier molecular flexibility index (Phi) is 4.43. The van der Waals surface area contributed by atoms with Crippen LogP contribution in [0.5, 0.6) is 11.6 Å². The van der Waals surface area contributed by atoms with Crippen LogP contribution in [0.3, 0.4) is 0 Å². The van der Waals surface area contributed by atoms with Crippen LogP contribution in [0.25, 0.3) is 10.9 Å². The Labute approximate surface area is 144 Å². The third-order valence-corrected chi connectivity index (χ3v) is 4.35. The third kappa shape index (κ3) is 3.47. The highest BCUT2D eigenvalue weighted by atomic mass is 32.2. The van der Waals surface area contributed by atoms with Gasteiger partial charge in [0.1, 0.15) is 5.75 Å². The van der Waals surface area contributed by atoms with Crippen molar-refractivity contribution >= 4 is 32.3 Å². The maximum absolute atomic E-state index is 11.1. The van der Waals surface area contributed by atoms with E-state index in [0.29, 0.717) is 28.9 Å². The van der Waals surface area contributed by atoms with Gasteiger partial charge in [0.05, 0.1) is 28.1 Å². The number of fused-ring (bicyclic) bond motifs is 1. The molecule has 1 aromatic heterocycles. The lowest BCUT2D eigenvalue weighted by Crippen LogP contribution is -1.99. The molecule has 0 atom stereocenters. The largest absolute Gasteiger partial charge is 0.493 e. The smallest absolute Gasteiger partial charge is 0.254 e. The molecule has 2 aromatic carbocycles. The molecule has 1 radical (unpaired) electrons. The molecule has 129 valence electrons. The Bertz CT molecular complexity index is 1040. The zero-order chi connectivity index (χ0) is 18.0. The van der Waals surface area contributed by atoms with Gasteiger partial charge in [-0.2, -0.15) is 5.11 Å². The number of azo groups is 1. The summed E-state index contributed by atoms with van der Waals surface area (Å²) in [5.41, 5.74) is 1.28. The molecule has 0 amide bonds. The van der Waals surface area contributed by atoms with Gasteiger partial charge in [-0.05, 0) is 43.3 Å². The van der Waals surface area contributed by atoms with Gasteiger partial charge in [0.2, 0.25) is 5.88 Å². The molecule has 0 fully saturated rings. The summed E-state index contributed by atoms with van der Waals surface area (Å²) in [6, 6.07) is 10.8. The maximum Gasteiger partial charge on any atom is 0.254 e. The van der Waals surface area contributed by atoms with E-state index in [0.717, 1.165) is 0 Å². The van der Waals surface area contributed by atoms with Crippen LogP contribution in [0, 0.1) is 0 Å². The number of aromatic amines is 1. The molecule has 0 spiro atoms. The summed E-state index contributed by atoms with van der Waals surface area (Å²) in [7, 11) is -4.01. The molecule has 3 rings (SSSR count). The molecule has 8 nitrogen and oxygen atoms in total. The Morgan fingerprint density at radius 2 is 1.88 bits per heavy atom. The molecule has 9 heteroatoms. The minimum absolute atomic E-state index is 0.125. The van der Waals surface area contributed by atoms with E-state index in [1.54, 1.807) is 18.2 Å². The summed E-state index contributed by atoms with van der Waals surface area (Å²) >= 11 is 0. The van der Waals surface area contributed by atoms with E-state index in [1.165, 1.54) is 24.3 Å². The lowest BCUT2D eigenvalue weighted by Gasteiger charge is -2.04. The van der Waals surface area contributed by atoms with Gasteiger partial charge >= 0.3 is 0 Å². The Morgan fingerprint density at radius 1 is 1.16 bits per heavy atom. The molecule has 25 heavy (non-hydrogen) atoms. The van der Waals surface area contributed by atoms with E-state index in [9.17, 15) is 13.5 Å². The molecule has 3 N–H and O–H groups in total. The van der Waals surface area contributed by atoms with Gasteiger partial charge in [-0.15, -0.1) is 10.3 Å². The van der Waals surface area contributed by atoms with Gasteiger partial charge in [-0.1, -0.05) is 6.07 Å². The molecule has 0 bridgehead atoms. The predicted molar refractivity (Wildman–Crippen MR) is 92.0 cm³/mol. The highest BCUT2D eigenvalue weighted by Crippen LogP contribution is 2.41. The van der Waals surface area contributed by atoms with Crippen LogP contribution in [-0.4, -0.2) is 25.1 Å². The van der Waals surface area contributed by atoms with E-state index in [2.05, 4.69) is 15.2 Å². The van der Waals surface area contributed by atoms with E-state index in [4.69, 9.17) is 9.88 Å². The van der Waals surface area contributed by atoms with Crippen LogP contribution in [0.2, 0.25) is 0 Å². The average Bonchev–Trinajstić information content (AvgIpc) is 2.89. The first-order valence-electron chi connectivity index (χ1n) is 7.38. The number of nitrogens with one attached hydrogen (secondary N) is 2. The second-order valence-corrected chi connectivity index (χ2v) is 6.61. The number of ether oxygens (including phenoxy) is 1. The number of aromatic hydroxyl groups is 1. The number of rotatable bonds is 5. The highest BCUT2D eigenvalue weighted by Gasteiger charge is 2.15. The number of sulfonamides is 1. The lowest BCUT2D eigenvalue weighted by atomic mass is 10.2. The van der Waals surface area contributed by atoms with Gasteiger partial charge in [0.25, 0.3) is 10.0 Å². The third-order valence-electron chi connectivity index (χ3n) is 3.45. The molecular weight excluding hydrogens is 344 g/mol. The van der Waals surface area contributed by atoms with Gasteiger partial charge < -0.3 is 14.8 Å². The summed E-state index contributed by atoms with van der Waals surface area (Å²) in [5.74, 6) is 0.428. The zero-order valence-electron chi connectivity index (χ0n) is 13.2. The molecule has 0 unspecified atom stereocenters. The van der Waals surface area contributed by atoms with Gasteiger partial charge in [0.15, 0.2) is 5.69 Å². The van der Waals surface area contributed by atoms with Crippen molar-refractivity contribution in [2.45, 2.75) is 11.8 Å². The van der Waals surface area contributed by atoms with Gasteiger partial charge in [-0.3, -0.25) is 0 Å². The molecule has 0 saturated carbocycles. The Morgan fingerprint density at radius 3 is 2.52 bits per heavy atom. The normalized spacial score (nSPS) is 12.1. The van der Waals surface area contributed by atoms with E-state index in [-0.39, 0.29) is 16.5 Å². The summed E-state index contributed by atoms with van der Waals surface area (Å²) in [6.07, 6.45) is 0. The summed E-state index contributed by atoms with van der Waals surface area (Å²) in [6.45, 7) is 2.32. The average molecular weight is 359 g/mol. The number of H-pyrrole nitrogens is 1. The molecule has 0 aliphatic heterocycles. The first kappa shape index (κ1) is 16.9. The Balaban J connectivity index is 2.00. The first-order chi connectivity index (χ1) is 11.9. The number of hydrogen-bond donors (Lipinski definition) is 2. The fourth-order valence-electron chi connectivity index (χ4n) is 2.36. The molecule has 0 saturated heterocycles. The van der Waals surface area contributed by atoms with Crippen molar-refractivity contribution < 1.29 is 18.3 Å². The quantitative estimate of drug-likeness (QED) is 0.674. The number of benzene rings is 2. The fourth-order valence-corrected chi connectivity index (χ4v) is 2.85. The fraction of sp³-hybridized carbons (Fsp3) is 0.125. The minimum Gasteiger partial charge on any atom is -0.493 e. The van der Waals surface area contributed by atoms with E-state index >= 15 is 0 Å². The summed E-state index contributed by atoms with van der Waals surface area (Å²) in [4.78, 5) is 2.68. The standard InChI is InChI=1S/C16H15N4O4S/c1-2-24-13-5-3-4-12-14(13)15(16(21)18-12)20-19-10-6-8-11(9-7-10)25(17,22)23/h3-9,17-18,21H,2H2,1H3. The van der Waals surface area contributed by atoms with Crippen molar-refractivity contribution in [3.63, 3.8) is 0 Å². The summed E-state index contributed by atoms with van der Waals surface area (Å²) < 4.78 is 27.8. The monoisotopic (exact) mass is 359 g/mol. The lowest BCUT2D eigenvalue weighted by molar-refractivity contribution is 0.344. The van der Waals surface area contributed by atoms with Crippen LogP contribution in [0.15, 0.2) is 57.6 Å². The van der Waals surface area contributed by atoms with Crippen molar-refractivity contribution in [1.82, 2.24) is 10.1 Å². The zero-order valence-corrected chi connectivity index (χ0v) is 14.0. The van der Waals surface area contributed by atoms with Crippen LogP contribution in [0.1, 0.15) is 6.92 Å². The van der Waals surface area contributed by atoms with E-state index in [1.807, 2.05) is 6.92 Å². The maximum atomic E-state index is 11.1. The highest BCUT2D eigenvalue weighted by molar-refractivity contribution is 7.88. The van der Waals surface area contributed by atoms with Crippen molar-refractivity contribution in [3.8, 4) is 11.6 Å². The first-order valence-corrected chi connectivity index (χ1v) is 8.86. The second kappa shape index (κ2) is 6.54. The predicted octanol–water partition coefficient (Wildman–Crippen LogP) is 3.66. The molecule has 0 aliphatic carbocycles. The van der Waals surface area contributed by atoms with Crippen LogP contribution < -0.4 is 9.88 Å². The van der Waals surface area contributed by atoms with Crippen molar-refractivity contribution in [3.05, 3.63) is 42.5 Å². The number of hydrogen-bond acceptors (Lipinski definition) is 6. The van der Waals surface area contributed by atoms with Gasteiger partial charge in [-0.25, -0.2) is 8.42 Å². The van der Waals surface area contributed by atoms with Crippen molar-refractivity contribution in [1.29, 1.82) is 0 Å². The minimum atomic E-state index is -4.01. The summed E-state index contributed by atoms with van der Waals surface area (Å²) in [5, 5.41) is 25.8. The van der Waals surface area contributed by atoms with E-state index < -0.39 is 10.0 Å². The topological polar surface area (TPSA) is 128 Å². The number of aromatic nitrogens is 1.